The highest BCUT2D eigenvalue weighted by Gasteiger charge is 2.25. The number of unbranched alkanes of at least 4 members (excludes halogenated alkanes) is 13. The fraction of sp³-hybridized carbons (Fsp3) is 1.00. The van der Waals surface area contributed by atoms with Crippen molar-refractivity contribution in [2.75, 3.05) is 26.2 Å². The molecule has 158 valence electrons. The lowest BCUT2D eigenvalue weighted by molar-refractivity contribution is -0.929. The molecule has 0 rings (SSSR count). The first-order chi connectivity index (χ1) is 12.7. The topological polar surface area (TPSA) is 0 Å². The van der Waals surface area contributed by atoms with Crippen molar-refractivity contribution in [1.82, 2.24) is 0 Å². The van der Waals surface area contributed by atoms with E-state index in [0.29, 0.717) is 0 Å². The maximum atomic E-state index is 2.34. The van der Waals surface area contributed by atoms with Gasteiger partial charge in [0.25, 0.3) is 0 Å². The van der Waals surface area contributed by atoms with Crippen molar-refractivity contribution in [3.05, 3.63) is 0 Å². The van der Waals surface area contributed by atoms with E-state index < -0.39 is 0 Å². The summed E-state index contributed by atoms with van der Waals surface area (Å²) in [4.78, 5) is 0. The number of hydrogen-bond acceptors (Lipinski definition) is 0. The third kappa shape index (κ3) is 15.1. The molecule has 0 fully saturated rings. The Morgan fingerprint density at radius 3 is 0.808 bits per heavy atom. The molecule has 0 saturated heterocycles. The first kappa shape index (κ1) is 26.0. The first-order valence-corrected chi connectivity index (χ1v) is 12.6. The molecule has 1 nitrogen and oxygen atoms in total. The van der Waals surface area contributed by atoms with E-state index in [1.54, 1.807) is 0 Å². The molecule has 0 amide bonds. The normalized spacial score (nSPS) is 12.0. The van der Waals surface area contributed by atoms with Crippen molar-refractivity contribution in [2.24, 2.45) is 0 Å². The highest BCUT2D eigenvalue weighted by molar-refractivity contribution is 4.53. The van der Waals surface area contributed by atoms with Gasteiger partial charge in [0.2, 0.25) is 0 Å². The van der Waals surface area contributed by atoms with Crippen LogP contribution >= 0.6 is 0 Å². The Morgan fingerprint density at radius 1 is 0.308 bits per heavy atom. The van der Waals surface area contributed by atoms with E-state index in [1.165, 1.54) is 140 Å². The summed E-state index contributed by atoms with van der Waals surface area (Å²) in [5.41, 5.74) is 0. The summed E-state index contributed by atoms with van der Waals surface area (Å²) in [7, 11) is 0. The van der Waals surface area contributed by atoms with Crippen LogP contribution in [0.4, 0.5) is 0 Å². The lowest BCUT2D eigenvalue weighted by Gasteiger charge is -2.39. The summed E-state index contributed by atoms with van der Waals surface area (Å²) < 4.78 is 1.46. The zero-order valence-corrected chi connectivity index (χ0v) is 19.3. The average Bonchev–Trinajstić information content (AvgIpc) is 2.65. The van der Waals surface area contributed by atoms with Gasteiger partial charge in [0.05, 0.1) is 26.2 Å². The van der Waals surface area contributed by atoms with Crippen molar-refractivity contribution < 1.29 is 4.48 Å². The van der Waals surface area contributed by atoms with E-state index in [4.69, 9.17) is 0 Å². The Balaban J connectivity index is 4.63. The molecule has 0 atom stereocenters. The van der Waals surface area contributed by atoms with Gasteiger partial charge >= 0.3 is 0 Å². The van der Waals surface area contributed by atoms with Crippen LogP contribution in [0.2, 0.25) is 0 Å². The van der Waals surface area contributed by atoms with Crippen LogP contribution in [-0.4, -0.2) is 30.7 Å². The number of nitrogens with zero attached hydrogens (tertiary/aromatic N) is 1. The minimum Gasteiger partial charge on any atom is -0.324 e. The molecule has 0 aromatic rings. The van der Waals surface area contributed by atoms with Crippen LogP contribution in [0.1, 0.15) is 137 Å². The standard InChI is InChI=1S/C25H54N/c1-5-9-13-17-21-25-26(22-18-14-10-6-2,23-19-15-11-7-3)24-20-16-12-8-4/h5-25H2,1-4H3/q+1. The van der Waals surface area contributed by atoms with Gasteiger partial charge in [-0.05, 0) is 51.4 Å². The van der Waals surface area contributed by atoms with Crippen LogP contribution in [0.15, 0.2) is 0 Å². The minimum absolute atomic E-state index is 1.37. The molecule has 0 heterocycles. The number of hydrogen-bond donors (Lipinski definition) is 0. The van der Waals surface area contributed by atoms with Gasteiger partial charge in [-0.2, -0.15) is 0 Å². The van der Waals surface area contributed by atoms with Gasteiger partial charge in [0.15, 0.2) is 0 Å². The highest BCUT2D eigenvalue weighted by Crippen LogP contribution is 2.19. The average molecular weight is 369 g/mol. The zero-order chi connectivity index (χ0) is 19.3. The quantitative estimate of drug-likeness (QED) is 0.141. The molecule has 0 unspecified atom stereocenters. The van der Waals surface area contributed by atoms with Gasteiger partial charge in [0, 0.05) is 0 Å². The second kappa shape index (κ2) is 19.7. The van der Waals surface area contributed by atoms with Crippen LogP contribution < -0.4 is 0 Å². The Kier molecular flexibility index (Phi) is 19.7. The summed E-state index contributed by atoms with van der Waals surface area (Å²) >= 11 is 0. The van der Waals surface area contributed by atoms with Crippen LogP contribution in [0.3, 0.4) is 0 Å². The largest absolute Gasteiger partial charge is 0.324 e. The van der Waals surface area contributed by atoms with Gasteiger partial charge < -0.3 is 4.48 Å². The summed E-state index contributed by atoms with van der Waals surface area (Å²) in [6.45, 7) is 15.2. The Hall–Kier alpha value is -0.0400. The predicted octanol–water partition coefficient (Wildman–Crippen LogP) is 8.51. The molecule has 0 spiro atoms. The van der Waals surface area contributed by atoms with Gasteiger partial charge in [0.1, 0.15) is 0 Å². The smallest absolute Gasteiger partial charge is 0.0786 e. The molecule has 0 N–H and O–H groups in total. The van der Waals surface area contributed by atoms with Crippen molar-refractivity contribution >= 4 is 0 Å². The van der Waals surface area contributed by atoms with E-state index in [9.17, 15) is 0 Å². The predicted molar refractivity (Wildman–Crippen MR) is 121 cm³/mol. The molecule has 0 aliphatic rings. The SMILES string of the molecule is CCCCCCC[N+](CCCCCC)(CCCCCC)CCCCCC. The first-order valence-electron chi connectivity index (χ1n) is 12.6. The summed E-state index contributed by atoms with van der Waals surface area (Å²) in [6.07, 6.45) is 24.3. The minimum atomic E-state index is 1.37. The Bertz CT molecular complexity index is 230. The van der Waals surface area contributed by atoms with Crippen LogP contribution in [0.25, 0.3) is 0 Å². The maximum absolute atomic E-state index is 2.34. The van der Waals surface area contributed by atoms with Crippen LogP contribution in [-0.2, 0) is 0 Å². The van der Waals surface area contributed by atoms with E-state index >= 15 is 0 Å². The summed E-state index contributed by atoms with van der Waals surface area (Å²) in [5, 5.41) is 0. The van der Waals surface area contributed by atoms with Crippen LogP contribution in [0.5, 0.6) is 0 Å². The number of rotatable bonds is 21. The van der Waals surface area contributed by atoms with Crippen molar-refractivity contribution in [1.29, 1.82) is 0 Å². The fourth-order valence-corrected chi connectivity index (χ4v) is 4.34. The molecule has 1 heteroatoms. The zero-order valence-electron chi connectivity index (χ0n) is 19.3. The van der Waals surface area contributed by atoms with E-state index in [1.807, 2.05) is 0 Å². The molecule has 0 aliphatic carbocycles. The van der Waals surface area contributed by atoms with E-state index in [0.717, 1.165) is 0 Å². The molecule has 0 saturated carbocycles. The Morgan fingerprint density at radius 2 is 0.538 bits per heavy atom. The molecule has 0 radical (unpaired) electrons. The third-order valence-electron chi connectivity index (χ3n) is 6.19. The van der Waals surface area contributed by atoms with Gasteiger partial charge in [-0.25, -0.2) is 0 Å². The van der Waals surface area contributed by atoms with Crippen molar-refractivity contribution in [3.63, 3.8) is 0 Å². The molecule has 0 aromatic carbocycles. The molecule has 0 aliphatic heterocycles. The molecular weight excluding hydrogens is 314 g/mol. The second-order valence-corrected chi connectivity index (χ2v) is 8.83. The van der Waals surface area contributed by atoms with E-state index in [2.05, 4.69) is 27.7 Å². The van der Waals surface area contributed by atoms with Gasteiger partial charge in [-0.3, -0.25) is 0 Å². The number of quaternary nitrogens is 1. The lowest BCUT2D eigenvalue weighted by Crippen LogP contribution is -2.50. The third-order valence-corrected chi connectivity index (χ3v) is 6.19. The monoisotopic (exact) mass is 368 g/mol. The van der Waals surface area contributed by atoms with Crippen molar-refractivity contribution in [2.45, 2.75) is 137 Å². The lowest BCUT2D eigenvalue weighted by atomic mass is 10.1. The molecular formula is C25H54N+. The van der Waals surface area contributed by atoms with Gasteiger partial charge in [-0.15, -0.1) is 0 Å². The van der Waals surface area contributed by atoms with Gasteiger partial charge in [-0.1, -0.05) is 85.5 Å². The second-order valence-electron chi connectivity index (χ2n) is 8.83. The Labute approximate surface area is 167 Å². The summed E-state index contributed by atoms with van der Waals surface area (Å²) in [6, 6.07) is 0. The molecule has 0 aromatic heterocycles. The van der Waals surface area contributed by atoms with Crippen LogP contribution in [0, 0.1) is 0 Å². The fourth-order valence-electron chi connectivity index (χ4n) is 4.34. The summed E-state index contributed by atoms with van der Waals surface area (Å²) in [5.74, 6) is 0. The maximum Gasteiger partial charge on any atom is 0.0786 e. The molecule has 0 bridgehead atoms. The van der Waals surface area contributed by atoms with E-state index in [-0.39, 0.29) is 0 Å². The highest BCUT2D eigenvalue weighted by atomic mass is 15.3. The van der Waals surface area contributed by atoms with Crippen molar-refractivity contribution in [3.8, 4) is 0 Å². The molecule has 26 heavy (non-hydrogen) atoms.